The summed E-state index contributed by atoms with van der Waals surface area (Å²) in [5.41, 5.74) is 10.8. The van der Waals surface area contributed by atoms with Crippen molar-refractivity contribution in [1.29, 1.82) is 0 Å². The van der Waals surface area contributed by atoms with Gasteiger partial charge in [-0.25, -0.2) is 4.57 Å². The second-order valence-electron chi connectivity index (χ2n) is 9.87. The Balaban J connectivity index is 1.65. The Morgan fingerprint density at radius 1 is 0.757 bits per heavy atom. The fourth-order valence-electron chi connectivity index (χ4n) is 5.24. The van der Waals surface area contributed by atoms with Crippen molar-refractivity contribution in [3.05, 3.63) is 115 Å². The number of rotatable bonds is 5. The van der Waals surface area contributed by atoms with Gasteiger partial charge in [0.1, 0.15) is 18.3 Å². The molecule has 0 unspecified atom stereocenters. The van der Waals surface area contributed by atoms with Gasteiger partial charge in [-0.3, -0.25) is 4.57 Å². The van der Waals surface area contributed by atoms with Gasteiger partial charge in [-0.1, -0.05) is 68.4 Å². The van der Waals surface area contributed by atoms with Crippen molar-refractivity contribution in [1.82, 2.24) is 19.3 Å². The van der Waals surface area contributed by atoms with E-state index in [2.05, 4.69) is 138 Å². The Hall–Kier alpha value is -4.51. The lowest BCUT2D eigenvalue weighted by Gasteiger charge is -2.15. The summed E-state index contributed by atoms with van der Waals surface area (Å²) in [5, 5.41) is 8.02. The third-order valence-electron chi connectivity index (χ3n) is 7.19. The minimum absolute atomic E-state index is 0.349. The predicted molar refractivity (Wildman–Crippen MR) is 149 cm³/mol. The average Bonchev–Trinajstić information content (AvgIpc) is 3.56. The van der Waals surface area contributed by atoms with Crippen LogP contribution in [0.1, 0.15) is 30.9 Å². The number of fused-ring (bicyclic) bond motifs is 1. The molecule has 0 radical (unpaired) electrons. The number of aromatic nitrogens is 5. The number of benzene rings is 4. The molecule has 0 bridgehead atoms. The second-order valence-corrected chi connectivity index (χ2v) is 9.87. The third-order valence-corrected chi connectivity index (χ3v) is 7.19. The van der Waals surface area contributed by atoms with Gasteiger partial charge in [0.15, 0.2) is 11.0 Å². The van der Waals surface area contributed by atoms with Crippen LogP contribution in [-0.4, -0.2) is 19.3 Å². The lowest BCUT2D eigenvalue weighted by atomic mass is 9.95. The smallest absolute Gasteiger partial charge is 0.288 e. The zero-order valence-electron chi connectivity index (χ0n) is 21.6. The highest BCUT2D eigenvalue weighted by Gasteiger charge is 2.29. The molecule has 0 amide bonds. The van der Waals surface area contributed by atoms with E-state index >= 15 is 0 Å². The van der Waals surface area contributed by atoms with E-state index in [1.54, 1.807) is 12.7 Å². The van der Waals surface area contributed by atoms with Gasteiger partial charge in [0.2, 0.25) is 0 Å². The molecular formula is C32H30N5+. The molecule has 0 saturated carbocycles. The van der Waals surface area contributed by atoms with Gasteiger partial charge in [-0.2, -0.15) is 4.57 Å². The molecule has 0 aliphatic rings. The molecule has 182 valence electrons. The molecule has 0 spiro atoms. The van der Waals surface area contributed by atoms with Crippen molar-refractivity contribution in [2.24, 2.45) is 7.05 Å². The fourth-order valence-corrected chi connectivity index (χ4v) is 5.24. The van der Waals surface area contributed by atoms with E-state index in [0.717, 1.165) is 11.5 Å². The van der Waals surface area contributed by atoms with E-state index in [-0.39, 0.29) is 0 Å². The second kappa shape index (κ2) is 9.17. The Kier molecular flexibility index (Phi) is 5.68. The van der Waals surface area contributed by atoms with Crippen LogP contribution in [0.2, 0.25) is 0 Å². The molecule has 0 aliphatic carbocycles. The first-order valence-corrected chi connectivity index (χ1v) is 12.7. The summed E-state index contributed by atoms with van der Waals surface area (Å²) in [4.78, 5) is 0. The maximum atomic E-state index is 4.01. The zero-order valence-corrected chi connectivity index (χ0v) is 21.6. The quantitative estimate of drug-likeness (QED) is 0.252. The minimum Gasteiger partial charge on any atom is -0.288 e. The number of para-hydroxylation sites is 2. The standard InChI is InChI=1S/C32H30N5/c1-22(2)27-18-25(24-10-6-5-7-11-24)15-17-29(27)37-31-13-9-8-12-30(31)35(4)32(37)28-19-26(16-14-23(28)3)36-20-33-34-21-36/h5-22H,1-4H3/q+1. The molecule has 0 atom stereocenters. The maximum Gasteiger partial charge on any atom is 0.295 e. The summed E-state index contributed by atoms with van der Waals surface area (Å²) in [6.07, 6.45) is 3.48. The first-order valence-electron chi connectivity index (χ1n) is 12.7. The van der Waals surface area contributed by atoms with Crippen LogP contribution in [0.3, 0.4) is 0 Å². The number of aryl methyl sites for hydroxylation is 2. The van der Waals surface area contributed by atoms with Crippen LogP contribution < -0.4 is 4.57 Å². The lowest BCUT2D eigenvalue weighted by Crippen LogP contribution is -2.30. The minimum atomic E-state index is 0.349. The molecule has 6 rings (SSSR count). The van der Waals surface area contributed by atoms with Gasteiger partial charge in [-0.05, 0) is 65.9 Å². The molecule has 2 aromatic heterocycles. The van der Waals surface area contributed by atoms with Gasteiger partial charge >= 0.3 is 0 Å². The molecule has 5 nitrogen and oxygen atoms in total. The highest BCUT2D eigenvalue weighted by molar-refractivity contribution is 5.81. The van der Waals surface area contributed by atoms with Crippen molar-refractivity contribution in [3.8, 4) is 33.9 Å². The lowest BCUT2D eigenvalue weighted by molar-refractivity contribution is -0.633. The SMILES string of the molecule is Cc1ccc(-n2cnnc2)cc1-c1n(-c2ccc(-c3ccccc3)cc2C(C)C)c2ccccc2[n+]1C. The summed E-state index contributed by atoms with van der Waals surface area (Å²) in [6.45, 7) is 6.73. The van der Waals surface area contributed by atoms with Crippen molar-refractivity contribution >= 4 is 11.0 Å². The largest absolute Gasteiger partial charge is 0.295 e. The van der Waals surface area contributed by atoms with Crippen LogP contribution in [0.4, 0.5) is 0 Å². The van der Waals surface area contributed by atoms with Crippen molar-refractivity contribution < 1.29 is 4.57 Å². The number of hydrogen-bond donors (Lipinski definition) is 0. The molecule has 6 aromatic rings. The van der Waals surface area contributed by atoms with Gasteiger partial charge in [-0.15, -0.1) is 10.2 Å². The monoisotopic (exact) mass is 484 g/mol. The van der Waals surface area contributed by atoms with Crippen LogP contribution >= 0.6 is 0 Å². The highest BCUT2D eigenvalue weighted by Crippen LogP contribution is 2.35. The molecule has 0 saturated heterocycles. The Bertz CT molecular complexity index is 1710. The van der Waals surface area contributed by atoms with Crippen LogP contribution in [0, 0.1) is 6.92 Å². The molecular weight excluding hydrogens is 454 g/mol. The average molecular weight is 485 g/mol. The van der Waals surface area contributed by atoms with Crippen molar-refractivity contribution in [2.45, 2.75) is 26.7 Å². The first kappa shape index (κ1) is 22.9. The summed E-state index contributed by atoms with van der Waals surface area (Å²) >= 11 is 0. The summed E-state index contributed by atoms with van der Waals surface area (Å²) < 4.78 is 6.69. The Morgan fingerprint density at radius 2 is 1.49 bits per heavy atom. The van der Waals surface area contributed by atoms with E-state index in [1.807, 2.05) is 4.57 Å². The molecule has 0 fully saturated rings. The number of hydrogen-bond acceptors (Lipinski definition) is 2. The first-order chi connectivity index (χ1) is 18.0. The molecule has 4 aromatic carbocycles. The Labute approximate surface area is 217 Å². The number of imidazole rings is 1. The summed E-state index contributed by atoms with van der Waals surface area (Å²) in [6, 6.07) is 32.7. The van der Waals surface area contributed by atoms with Gasteiger partial charge in [0.05, 0.1) is 12.6 Å². The van der Waals surface area contributed by atoms with E-state index in [4.69, 9.17) is 0 Å². The van der Waals surface area contributed by atoms with E-state index in [1.165, 1.54) is 44.5 Å². The molecule has 0 N–H and O–H groups in total. The van der Waals surface area contributed by atoms with E-state index in [0.29, 0.717) is 5.92 Å². The van der Waals surface area contributed by atoms with Gasteiger partial charge in [0.25, 0.3) is 5.82 Å². The molecule has 5 heteroatoms. The third kappa shape index (κ3) is 3.93. The maximum absolute atomic E-state index is 4.01. The van der Waals surface area contributed by atoms with Crippen LogP contribution in [0.5, 0.6) is 0 Å². The molecule has 2 heterocycles. The van der Waals surface area contributed by atoms with Crippen LogP contribution in [-0.2, 0) is 7.05 Å². The van der Waals surface area contributed by atoms with Crippen LogP contribution in [0.25, 0.3) is 44.9 Å². The molecule has 0 aliphatic heterocycles. The van der Waals surface area contributed by atoms with E-state index in [9.17, 15) is 0 Å². The van der Waals surface area contributed by atoms with Gasteiger partial charge < -0.3 is 0 Å². The van der Waals surface area contributed by atoms with Crippen LogP contribution in [0.15, 0.2) is 104 Å². The summed E-state index contributed by atoms with van der Waals surface area (Å²) in [7, 11) is 2.16. The van der Waals surface area contributed by atoms with Gasteiger partial charge in [0, 0.05) is 11.3 Å². The number of nitrogens with zero attached hydrogens (tertiary/aromatic N) is 5. The summed E-state index contributed by atoms with van der Waals surface area (Å²) in [5.74, 6) is 1.49. The molecule has 37 heavy (non-hydrogen) atoms. The highest BCUT2D eigenvalue weighted by atomic mass is 15.2. The van der Waals surface area contributed by atoms with Crippen molar-refractivity contribution in [3.63, 3.8) is 0 Å². The van der Waals surface area contributed by atoms with E-state index < -0.39 is 0 Å². The Morgan fingerprint density at radius 3 is 2.24 bits per heavy atom. The predicted octanol–water partition coefficient (Wildman–Crippen LogP) is 6.80. The zero-order chi connectivity index (χ0) is 25.5. The normalized spacial score (nSPS) is 11.5. The fraction of sp³-hybridized carbons (Fsp3) is 0.156. The van der Waals surface area contributed by atoms with Crippen molar-refractivity contribution in [2.75, 3.05) is 0 Å². The topological polar surface area (TPSA) is 39.5 Å².